The summed E-state index contributed by atoms with van der Waals surface area (Å²) in [5.74, 6) is -0.841. The van der Waals surface area contributed by atoms with E-state index in [1.165, 1.54) is 6.33 Å². The Morgan fingerprint density at radius 2 is 2.31 bits per heavy atom. The van der Waals surface area contributed by atoms with E-state index in [0.29, 0.717) is 18.0 Å². The molecule has 0 aromatic carbocycles. The van der Waals surface area contributed by atoms with Crippen molar-refractivity contribution in [2.75, 3.05) is 6.61 Å². The van der Waals surface area contributed by atoms with E-state index in [0.717, 1.165) is 12.8 Å². The first-order chi connectivity index (χ1) is 7.72. The lowest BCUT2D eigenvalue weighted by Crippen LogP contribution is -2.13. The van der Waals surface area contributed by atoms with Crippen LogP contribution in [0, 0.1) is 11.7 Å². The zero-order valence-electron chi connectivity index (χ0n) is 9.07. The van der Waals surface area contributed by atoms with Crippen molar-refractivity contribution in [3.05, 3.63) is 23.5 Å². The molecule has 0 saturated heterocycles. The average molecular weight is 224 g/mol. The second-order valence-corrected chi connectivity index (χ2v) is 3.85. The number of rotatable bonds is 4. The zero-order chi connectivity index (χ0) is 11.5. The smallest absolute Gasteiger partial charge is 0.360 e. The second-order valence-electron chi connectivity index (χ2n) is 3.85. The molecule has 1 aromatic heterocycles. The van der Waals surface area contributed by atoms with Crippen LogP contribution in [0.4, 0.5) is 4.39 Å². The van der Waals surface area contributed by atoms with E-state index in [1.807, 2.05) is 0 Å². The maximum absolute atomic E-state index is 13.8. The highest BCUT2D eigenvalue weighted by atomic mass is 19.1. The molecular weight excluding hydrogens is 211 g/mol. The fraction of sp³-hybridized carbons (Fsp3) is 0.545. The normalized spacial score (nSPS) is 14.9. The fourth-order valence-corrected chi connectivity index (χ4v) is 1.49. The third-order valence-corrected chi connectivity index (χ3v) is 2.51. The molecule has 1 fully saturated rings. The Bertz CT molecular complexity index is 405. The summed E-state index contributed by atoms with van der Waals surface area (Å²) in [5.41, 5.74) is 0.0630. The van der Waals surface area contributed by atoms with Crippen molar-refractivity contribution < 1.29 is 13.9 Å². The molecule has 1 aliphatic rings. The summed E-state index contributed by atoms with van der Waals surface area (Å²) in [6, 6.07) is 0. The van der Waals surface area contributed by atoms with E-state index >= 15 is 0 Å². The van der Waals surface area contributed by atoms with Gasteiger partial charge in [-0.3, -0.25) is 0 Å². The number of carbonyl (C=O) groups is 1. The number of aromatic nitrogens is 2. The van der Waals surface area contributed by atoms with Gasteiger partial charge in [-0.25, -0.2) is 19.2 Å². The Balaban J connectivity index is 2.20. The van der Waals surface area contributed by atoms with Gasteiger partial charge in [0.05, 0.1) is 12.3 Å². The van der Waals surface area contributed by atoms with Crippen LogP contribution in [0.25, 0.3) is 0 Å². The molecule has 4 nitrogen and oxygen atoms in total. The van der Waals surface area contributed by atoms with Crippen molar-refractivity contribution in [3.8, 4) is 0 Å². The largest absolute Gasteiger partial charge is 0.461 e. The Kier molecular flexibility index (Phi) is 3.12. The van der Waals surface area contributed by atoms with Gasteiger partial charge in [-0.1, -0.05) is 0 Å². The zero-order valence-corrected chi connectivity index (χ0v) is 9.07. The van der Waals surface area contributed by atoms with Crippen LogP contribution >= 0.6 is 0 Å². The molecule has 0 atom stereocenters. The van der Waals surface area contributed by atoms with Crippen molar-refractivity contribution in [1.29, 1.82) is 0 Å². The molecule has 5 heteroatoms. The fourth-order valence-electron chi connectivity index (χ4n) is 1.49. The highest BCUT2D eigenvalue weighted by Crippen LogP contribution is 2.32. The van der Waals surface area contributed by atoms with Crippen LogP contribution in [0.1, 0.15) is 35.9 Å². The molecule has 1 saturated carbocycles. The number of nitrogens with zero attached hydrogens (tertiary/aromatic N) is 2. The van der Waals surface area contributed by atoms with Crippen molar-refractivity contribution in [2.45, 2.75) is 26.2 Å². The predicted octanol–water partition coefficient (Wildman–Crippen LogP) is 1.74. The summed E-state index contributed by atoms with van der Waals surface area (Å²) in [6.07, 6.45) is 4.02. The number of ether oxygens (including phenoxy) is 1. The summed E-state index contributed by atoms with van der Waals surface area (Å²) in [5, 5.41) is 0. The molecule has 1 aliphatic carbocycles. The van der Waals surface area contributed by atoms with Crippen LogP contribution in [0.15, 0.2) is 6.33 Å². The van der Waals surface area contributed by atoms with Crippen LogP contribution in [-0.2, 0) is 11.2 Å². The first kappa shape index (κ1) is 11.0. The number of halogens is 1. The van der Waals surface area contributed by atoms with Gasteiger partial charge in [-0.2, -0.15) is 0 Å². The van der Waals surface area contributed by atoms with E-state index in [-0.39, 0.29) is 12.3 Å². The molecular formula is C11H13FN2O2. The SMILES string of the molecule is CCOC(=O)c1ncnc(CC2CC2)c1F. The van der Waals surface area contributed by atoms with Crippen LogP contribution in [0.3, 0.4) is 0 Å². The van der Waals surface area contributed by atoms with Gasteiger partial charge in [0.15, 0.2) is 11.5 Å². The van der Waals surface area contributed by atoms with Crippen molar-refractivity contribution in [3.63, 3.8) is 0 Å². The van der Waals surface area contributed by atoms with Crippen LogP contribution in [-0.4, -0.2) is 22.5 Å². The van der Waals surface area contributed by atoms with E-state index in [2.05, 4.69) is 9.97 Å². The van der Waals surface area contributed by atoms with Gasteiger partial charge in [-0.15, -0.1) is 0 Å². The number of hydrogen-bond acceptors (Lipinski definition) is 4. The molecule has 0 radical (unpaired) electrons. The molecule has 86 valence electrons. The molecule has 0 aliphatic heterocycles. The molecule has 2 rings (SSSR count). The third kappa shape index (κ3) is 2.35. The summed E-state index contributed by atoms with van der Waals surface area (Å²) in [7, 11) is 0. The molecule has 0 spiro atoms. The molecule has 16 heavy (non-hydrogen) atoms. The molecule has 0 unspecified atom stereocenters. The lowest BCUT2D eigenvalue weighted by molar-refractivity contribution is 0.0512. The van der Waals surface area contributed by atoms with Crippen molar-refractivity contribution >= 4 is 5.97 Å². The standard InChI is InChI=1S/C11H13FN2O2/c1-2-16-11(15)10-9(12)8(13-6-14-10)5-7-3-4-7/h6-7H,2-5H2,1H3. The molecule has 0 amide bonds. The maximum Gasteiger partial charge on any atom is 0.360 e. The Hall–Kier alpha value is -1.52. The monoisotopic (exact) mass is 224 g/mol. The molecule has 1 heterocycles. The molecule has 0 N–H and O–H groups in total. The van der Waals surface area contributed by atoms with Gasteiger partial charge >= 0.3 is 5.97 Å². The minimum Gasteiger partial charge on any atom is -0.461 e. The highest BCUT2D eigenvalue weighted by Gasteiger charge is 2.26. The van der Waals surface area contributed by atoms with Crippen molar-refractivity contribution in [1.82, 2.24) is 9.97 Å². The van der Waals surface area contributed by atoms with Crippen LogP contribution in [0.2, 0.25) is 0 Å². The Labute approximate surface area is 92.9 Å². The maximum atomic E-state index is 13.8. The van der Waals surface area contributed by atoms with E-state index < -0.39 is 11.8 Å². The van der Waals surface area contributed by atoms with Gasteiger partial charge < -0.3 is 4.74 Å². The summed E-state index contributed by atoms with van der Waals surface area (Å²) in [6.45, 7) is 1.88. The minimum absolute atomic E-state index is 0.209. The molecule has 0 bridgehead atoms. The van der Waals surface area contributed by atoms with Crippen LogP contribution in [0.5, 0.6) is 0 Å². The second kappa shape index (κ2) is 4.55. The lowest BCUT2D eigenvalue weighted by atomic mass is 10.2. The topological polar surface area (TPSA) is 52.1 Å². The van der Waals surface area contributed by atoms with Gasteiger partial charge in [0.2, 0.25) is 0 Å². The van der Waals surface area contributed by atoms with E-state index in [9.17, 15) is 9.18 Å². The number of carbonyl (C=O) groups excluding carboxylic acids is 1. The van der Waals surface area contributed by atoms with Gasteiger partial charge in [0.25, 0.3) is 0 Å². The van der Waals surface area contributed by atoms with Gasteiger partial charge in [0, 0.05) is 0 Å². The van der Waals surface area contributed by atoms with E-state index in [4.69, 9.17) is 4.74 Å². The summed E-state index contributed by atoms with van der Waals surface area (Å²) in [4.78, 5) is 18.9. The summed E-state index contributed by atoms with van der Waals surface area (Å²) < 4.78 is 18.5. The third-order valence-electron chi connectivity index (χ3n) is 2.51. The van der Waals surface area contributed by atoms with Crippen LogP contribution < -0.4 is 0 Å². The predicted molar refractivity (Wildman–Crippen MR) is 54.4 cm³/mol. The first-order valence-electron chi connectivity index (χ1n) is 5.38. The van der Waals surface area contributed by atoms with E-state index in [1.54, 1.807) is 6.92 Å². The minimum atomic E-state index is -0.723. The van der Waals surface area contributed by atoms with Gasteiger partial charge in [-0.05, 0) is 32.1 Å². The number of hydrogen-bond donors (Lipinski definition) is 0. The number of esters is 1. The molecule has 1 aromatic rings. The average Bonchev–Trinajstić information content (AvgIpc) is 3.05. The van der Waals surface area contributed by atoms with Crippen molar-refractivity contribution in [2.24, 2.45) is 5.92 Å². The quantitative estimate of drug-likeness (QED) is 0.731. The Morgan fingerprint density at radius 1 is 1.56 bits per heavy atom. The first-order valence-corrected chi connectivity index (χ1v) is 5.38. The summed E-state index contributed by atoms with van der Waals surface area (Å²) >= 11 is 0. The Morgan fingerprint density at radius 3 is 2.94 bits per heavy atom. The van der Waals surface area contributed by atoms with Gasteiger partial charge in [0.1, 0.15) is 6.33 Å². The highest BCUT2D eigenvalue weighted by molar-refractivity contribution is 5.87. The lowest BCUT2D eigenvalue weighted by Gasteiger charge is -2.05.